The van der Waals surface area contributed by atoms with Gasteiger partial charge >= 0.3 is 6.03 Å². The summed E-state index contributed by atoms with van der Waals surface area (Å²) in [5.41, 5.74) is 1.06. The van der Waals surface area contributed by atoms with Gasteiger partial charge in [-0.15, -0.1) is 0 Å². The number of amides is 3. The van der Waals surface area contributed by atoms with E-state index in [0.29, 0.717) is 18.0 Å². The Morgan fingerprint density at radius 2 is 2.18 bits per heavy atom. The molecule has 1 N–H and O–H groups in total. The number of carbonyl (C=O) groups is 2. The number of hydrogen-bond acceptors (Lipinski definition) is 2. The molecule has 0 aromatic heterocycles. The van der Waals surface area contributed by atoms with Gasteiger partial charge in [0.2, 0.25) is 5.91 Å². The first-order chi connectivity index (χ1) is 10.5. The van der Waals surface area contributed by atoms with Crippen molar-refractivity contribution in [3.8, 4) is 0 Å². The second-order valence-electron chi connectivity index (χ2n) is 5.68. The van der Waals surface area contributed by atoms with Gasteiger partial charge in [0.1, 0.15) is 0 Å². The predicted molar refractivity (Wildman–Crippen MR) is 86.8 cm³/mol. The standard InChI is InChI=1S/C16H22ClN3O2/c1-19(2)15(21)8-9-18-16(22)20-10-4-7-14(20)12-5-3-6-13(17)11-12/h3,5-6,11,14H,4,7-10H2,1-2H3,(H,18,22). The molecule has 6 heteroatoms. The van der Waals surface area contributed by atoms with Crippen molar-refractivity contribution in [2.75, 3.05) is 27.2 Å². The molecule has 1 aromatic carbocycles. The lowest BCUT2D eigenvalue weighted by Gasteiger charge is -2.25. The molecule has 0 saturated carbocycles. The molecule has 1 heterocycles. The van der Waals surface area contributed by atoms with Crippen LogP contribution in [-0.2, 0) is 4.79 Å². The lowest BCUT2D eigenvalue weighted by atomic mass is 10.1. The third-order valence-corrected chi connectivity index (χ3v) is 4.10. The molecular formula is C16H22ClN3O2. The van der Waals surface area contributed by atoms with Gasteiger partial charge in [-0.1, -0.05) is 23.7 Å². The molecule has 1 atom stereocenters. The van der Waals surface area contributed by atoms with Crippen molar-refractivity contribution in [3.63, 3.8) is 0 Å². The molecule has 120 valence electrons. The Morgan fingerprint density at radius 3 is 2.86 bits per heavy atom. The largest absolute Gasteiger partial charge is 0.349 e. The van der Waals surface area contributed by atoms with Crippen LogP contribution in [0.1, 0.15) is 30.9 Å². The van der Waals surface area contributed by atoms with Crippen molar-refractivity contribution in [2.24, 2.45) is 0 Å². The molecule has 1 aliphatic rings. The van der Waals surface area contributed by atoms with Crippen LogP contribution in [0, 0.1) is 0 Å². The van der Waals surface area contributed by atoms with E-state index in [9.17, 15) is 9.59 Å². The first kappa shape index (κ1) is 16.6. The third-order valence-electron chi connectivity index (χ3n) is 3.86. The number of rotatable bonds is 4. The summed E-state index contributed by atoms with van der Waals surface area (Å²) in [4.78, 5) is 27.2. The van der Waals surface area contributed by atoms with Gasteiger partial charge in [0.05, 0.1) is 6.04 Å². The Hall–Kier alpha value is -1.75. The minimum absolute atomic E-state index is 0.00751. The van der Waals surface area contributed by atoms with Crippen LogP contribution in [0.25, 0.3) is 0 Å². The van der Waals surface area contributed by atoms with Crippen molar-refractivity contribution >= 4 is 23.5 Å². The summed E-state index contributed by atoms with van der Waals surface area (Å²) in [6.07, 6.45) is 2.22. The van der Waals surface area contributed by atoms with Crippen molar-refractivity contribution in [1.29, 1.82) is 0 Å². The van der Waals surface area contributed by atoms with E-state index in [1.165, 1.54) is 4.90 Å². The van der Waals surface area contributed by atoms with Crippen LogP contribution < -0.4 is 5.32 Å². The van der Waals surface area contributed by atoms with E-state index >= 15 is 0 Å². The summed E-state index contributed by atoms with van der Waals surface area (Å²) in [7, 11) is 3.42. The minimum Gasteiger partial charge on any atom is -0.349 e. The van der Waals surface area contributed by atoms with Crippen molar-refractivity contribution in [3.05, 3.63) is 34.9 Å². The fraction of sp³-hybridized carbons (Fsp3) is 0.500. The van der Waals surface area contributed by atoms with Crippen LogP contribution >= 0.6 is 11.6 Å². The summed E-state index contributed by atoms with van der Waals surface area (Å²) in [6.45, 7) is 1.08. The number of hydrogen-bond donors (Lipinski definition) is 1. The van der Waals surface area contributed by atoms with E-state index in [2.05, 4.69) is 5.32 Å². The maximum Gasteiger partial charge on any atom is 0.317 e. The highest BCUT2D eigenvalue weighted by atomic mass is 35.5. The maximum atomic E-state index is 12.3. The van der Waals surface area contributed by atoms with Crippen LogP contribution in [0.15, 0.2) is 24.3 Å². The average molecular weight is 324 g/mol. The molecular weight excluding hydrogens is 302 g/mol. The van der Waals surface area contributed by atoms with Gasteiger partial charge in [0.15, 0.2) is 0 Å². The van der Waals surface area contributed by atoms with E-state index < -0.39 is 0 Å². The molecule has 1 fully saturated rings. The summed E-state index contributed by atoms with van der Waals surface area (Å²) in [5, 5.41) is 3.51. The smallest absolute Gasteiger partial charge is 0.317 e. The van der Waals surface area contributed by atoms with Crippen molar-refractivity contribution in [2.45, 2.75) is 25.3 Å². The first-order valence-corrected chi connectivity index (χ1v) is 7.87. The second-order valence-corrected chi connectivity index (χ2v) is 6.11. The number of benzene rings is 1. The molecule has 22 heavy (non-hydrogen) atoms. The average Bonchev–Trinajstić information content (AvgIpc) is 2.96. The number of halogens is 1. The number of nitrogens with one attached hydrogen (secondary N) is 1. The normalized spacial score (nSPS) is 17.4. The molecule has 1 unspecified atom stereocenters. The van der Waals surface area contributed by atoms with Gasteiger partial charge in [-0.2, -0.15) is 0 Å². The zero-order chi connectivity index (χ0) is 16.1. The summed E-state index contributed by atoms with van der Waals surface area (Å²) >= 11 is 6.04. The maximum absolute atomic E-state index is 12.3. The molecule has 0 spiro atoms. The molecule has 0 radical (unpaired) electrons. The highest BCUT2D eigenvalue weighted by Crippen LogP contribution is 2.32. The third kappa shape index (κ3) is 4.13. The number of carbonyl (C=O) groups excluding carboxylic acids is 2. The highest BCUT2D eigenvalue weighted by molar-refractivity contribution is 6.30. The predicted octanol–water partition coefficient (Wildman–Crippen LogP) is 2.66. The molecule has 0 bridgehead atoms. The van der Waals surface area contributed by atoms with E-state index in [1.54, 1.807) is 14.1 Å². The Balaban J connectivity index is 1.93. The van der Waals surface area contributed by atoms with E-state index in [0.717, 1.165) is 24.9 Å². The second kappa shape index (κ2) is 7.49. The molecule has 1 aliphatic heterocycles. The molecule has 0 aliphatic carbocycles. The van der Waals surface area contributed by atoms with E-state index in [4.69, 9.17) is 11.6 Å². The fourth-order valence-corrected chi connectivity index (χ4v) is 2.87. The minimum atomic E-state index is -0.117. The Labute approximate surface area is 136 Å². The lowest BCUT2D eigenvalue weighted by Crippen LogP contribution is -2.40. The molecule has 5 nitrogen and oxygen atoms in total. The van der Waals surface area contributed by atoms with Crippen molar-refractivity contribution in [1.82, 2.24) is 15.1 Å². The SMILES string of the molecule is CN(C)C(=O)CCNC(=O)N1CCCC1c1cccc(Cl)c1. The van der Waals surface area contributed by atoms with Crippen LogP contribution in [0.5, 0.6) is 0 Å². The number of nitrogens with zero attached hydrogens (tertiary/aromatic N) is 2. The van der Waals surface area contributed by atoms with Crippen LogP contribution in [0.4, 0.5) is 4.79 Å². The highest BCUT2D eigenvalue weighted by Gasteiger charge is 2.29. The monoisotopic (exact) mass is 323 g/mol. The van der Waals surface area contributed by atoms with Gasteiger partial charge < -0.3 is 15.1 Å². The Bertz CT molecular complexity index is 548. The Kier molecular flexibility index (Phi) is 5.66. The summed E-state index contributed by atoms with van der Waals surface area (Å²) in [5.74, 6) is 0.00751. The van der Waals surface area contributed by atoms with E-state index in [-0.39, 0.29) is 18.0 Å². The van der Waals surface area contributed by atoms with Gasteiger partial charge in [-0.05, 0) is 30.5 Å². The molecule has 2 rings (SSSR count). The zero-order valence-electron chi connectivity index (χ0n) is 13.0. The molecule has 1 saturated heterocycles. The van der Waals surface area contributed by atoms with Gasteiger partial charge in [-0.3, -0.25) is 4.79 Å². The van der Waals surface area contributed by atoms with Crippen LogP contribution in [-0.4, -0.2) is 48.9 Å². The summed E-state index contributed by atoms with van der Waals surface area (Å²) < 4.78 is 0. The fourth-order valence-electron chi connectivity index (χ4n) is 2.67. The van der Waals surface area contributed by atoms with Crippen LogP contribution in [0.3, 0.4) is 0 Å². The number of likely N-dealkylation sites (tertiary alicyclic amines) is 1. The van der Waals surface area contributed by atoms with E-state index in [1.807, 2.05) is 29.2 Å². The number of urea groups is 1. The quantitative estimate of drug-likeness (QED) is 0.926. The molecule has 3 amide bonds. The van der Waals surface area contributed by atoms with Crippen molar-refractivity contribution < 1.29 is 9.59 Å². The zero-order valence-corrected chi connectivity index (χ0v) is 13.8. The first-order valence-electron chi connectivity index (χ1n) is 7.49. The van der Waals surface area contributed by atoms with Gasteiger partial charge in [-0.25, -0.2) is 4.79 Å². The lowest BCUT2D eigenvalue weighted by molar-refractivity contribution is -0.128. The Morgan fingerprint density at radius 1 is 1.41 bits per heavy atom. The van der Waals surface area contributed by atoms with Gasteiger partial charge in [0, 0.05) is 38.6 Å². The molecule has 1 aromatic rings. The topological polar surface area (TPSA) is 52.7 Å². The van der Waals surface area contributed by atoms with Gasteiger partial charge in [0.25, 0.3) is 0 Å². The summed E-state index contributed by atoms with van der Waals surface area (Å²) in [6, 6.07) is 7.58. The van der Waals surface area contributed by atoms with Crippen LogP contribution in [0.2, 0.25) is 5.02 Å².